The summed E-state index contributed by atoms with van der Waals surface area (Å²) in [6, 6.07) is 5.50. The van der Waals surface area contributed by atoms with Gasteiger partial charge < -0.3 is 10.6 Å². The zero-order valence-electron chi connectivity index (χ0n) is 13.9. The standard InChI is InChI=1S/C18H26Cl2N2O/c1-18(2,12-14-4-5-15(19)11-16(14)20)22-17(23)6-3-13-7-9-21-10-8-13/h4-5,11,13,21H,3,6-10,12H2,1-2H3,(H,22,23). The van der Waals surface area contributed by atoms with Crippen molar-refractivity contribution in [2.24, 2.45) is 5.92 Å². The Hall–Kier alpha value is -0.770. The lowest BCUT2D eigenvalue weighted by molar-refractivity contribution is -0.123. The molecule has 0 bridgehead atoms. The average molecular weight is 357 g/mol. The van der Waals surface area contributed by atoms with Crippen molar-refractivity contribution in [3.05, 3.63) is 33.8 Å². The Morgan fingerprint density at radius 1 is 1.30 bits per heavy atom. The van der Waals surface area contributed by atoms with Crippen LogP contribution < -0.4 is 10.6 Å². The van der Waals surface area contributed by atoms with Gasteiger partial charge in [-0.3, -0.25) is 4.79 Å². The predicted molar refractivity (Wildman–Crippen MR) is 97.2 cm³/mol. The van der Waals surface area contributed by atoms with Crippen molar-refractivity contribution >= 4 is 29.1 Å². The van der Waals surface area contributed by atoms with Gasteiger partial charge in [-0.1, -0.05) is 29.3 Å². The van der Waals surface area contributed by atoms with Gasteiger partial charge in [0.15, 0.2) is 0 Å². The van der Waals surface area contributed by atoms with Crippen LogP contribution in [0.2, 0.25) is 10.0 Å². The van der Waals surface area contributed by atoms with Crippen molar-refractivity contribution in [1.29, 1.82) is 0 Å². The minimum absolute atomic E-state index is 0.124. The minimum Gasteiger partial charge on any atom is -0.351 e. The maximum atomic E-state index is 12.2. The van der Waals surface area contributed by atoms with E-state index in [1.54, 1.807) is 6.07 Å². The van der Waals surface area contributed by atoms with Crippen LogP contribution in [0.15, 0.2) is 18.2 Å². The highest BCUT2D eigenvalue weighted by Gasteiger charge is 2.23. The molecule has 1 aromatic rings. The molecule has 1 heterocycles. The Morgan fingerprint density at radius 2 is 2.00 bits per heavy atom. The van der Waals surface area contributed by atoms with Crippen molar-refractivity contribution in [2.75, 3.05) is 13.1 Å². The molecule has 0 saturated carbocycles. The number of hydrogen-bond acceptors (Lipinski definition) is 2. The summed E-state index contributed by atoms with van der Waals surface area (Å²) >= 11 is 12.2. The molecule has 1 saturated heterocycles. The van der Waals surface area contributed by atoms with Gasteiger partial charge >= 0.3 is 0 Å². The van der Waals surface area contributed by atoms with Gasteiger partial charge in [0.1, 0.15) is 0 Å². The van der Waals surface area contributed by atoms with Crippen molar-refractivity contribution in [3.63, 3.8) is 0 Å². The largest absolute Gasteiger partial charge is 0.351 e. The van der Waals surface area contributed by atoms with Crippen LogP contribution in [-0.2, 0) is 11.2 Å². The molecule has 1 aliphatic rings. The second-order valence-electron chi connectivity index (χ2n) is 7.08. The highest BCUT2D eigenvalue weighted by Crippen LogP contribution is 2.25. The van der Waals surface area contributed by atoms with E-state index >= 15 is 0 Å². The first-order chi connectivity index (χ1) is 10.9. The number of halogens is 2. The Labute approximate surface area is 149 Å². The summed E-state index contributed by atoms with van der Waals surface area (Å²) in [6.45, 7) is 6.21. The molecule has 0 unspecified atom stereocenters. The number of carbonyl (C=O) groups excluding carboxylic acids is 1. The van der Waals surface area contributed by atoms with Crippen molar-refractivity contribution < 1.29 is 4.79 Å². The third-order valence-corrected chi connectivity index (χ3v) is 4.95. The number of benzene rings is 1. The molecule has 2 N–H and O–H groups in total. The number of hydrogen-bond donors (Lipinski definition) is 2. The van der Waals surface area contributed by atoms with Crippen LogP contribution >= 0.6 is 23.2 Å². The molecule has 0 spiro atoms. The molecule has 0 aromatic heterocycles. The lowest BCUT2D eigenvalue weighted by Crippen LogP contribution is -2.45. The molecular formula is C18H26Cl2N2O. The zero-order chi connectivity index (χ0) is 16.9. The highest BCUT2D eigenvalue weighted by atomic mass is 35.5. The molecule has 0 atom stereocenters. The van der Waals surface area contributed by atoms with E-state index in [-0.39, 0.29) is 11.4 Å². The minimum atomic E-state index is -0.331. The Bertz CT molecular complexity index is 540. The van der Waals surface area contributed by atoms with E-state index in [4.69, 9.17) is 23.2 Å². The van der Waals surface area contributed by atoms with E-state index in [9.17, 15) is 4.79 Å². The number of carbonyl (C=O) groups is 1. The van der Waals surface area contributed by atoms with E-state index in [0.29, 0.717) is 28.8 Å². The smallest absolute Gasteiger partial charge is 0.220 e. The second-order valence-corrected chi connectivity index (χ2v) is 7.92. The summed E-state index contributed by atoms with van der Waals surface area (Å²) in [4.78, 5) is 12.2. The monoisotopic (exact) mass is 356 g/mol. The van der Waals surface area contributed by atoms with Gasteiger partial charge in [-0.15, -0.1) is 0 Å². The Balaban J connectivity index is 1.83. The Morgan fingerprint density at radius 3 is 2.65 bits per heavy atom. The molecule has 128 valence electrons. The topological polar surface area (TPSA) is 41.1 Å². The normalized spacial score (nSPS) is 16.3. The van der Waals surface area contributed by atoms with Gasteiger partial charge in [0, 0.05) is 22.0 Å². The van der Waals surface area contributed by atoms with Crippen LogP contribution in [0, 0.1) is 5.92 Å². The molecule has 1 aromatic carbocycles. The number of piperidine rings is 1. The number of amides is 1. The summed E-state index contributed by atoms with van der Waals surface area (Å²) in [7, 11) is 0. The molecule has 1 aliphatic heterocycles. The van der Waals surface area contributed by atoms with E-state index < -0.39 is 0 Å². The fourth-order valence-electron chi connectivity index (χ4n) is 3.13. The fraction of sp³-hybridized carbons (Fsp3) is 0.611. The van der Waals surface area contributed by atoms with Crippen molar-refractivity contribution in [1.82, 2.24) is 10.6 Å². The fourth-order valence-corrected chi connectivity index (χ4v) is 3.61. The van der Waals surface area contributed by atoms with E-state index in [2.05, 4.69) is 10.6 Å². The molecule has 2 rings (SSSR count). The molecule has 3 nitrogen and oxygen atoms in total. The summed E-state index contributed by atoms with van der Waals surface area (Å²) in [5.41, 5.74) is 0.669. The molecule has 5 heteroatoms. The van der Waals surface area contributed by atoms with Crippen molar-refractivity contribution in [3.8, 4) is 0 Å². The first-order valence-electron chi connectivity index (χ1n) is 8.31. The van der Waals surface area contributed by atoms with Crippen LogP contribution in [0.3, 0.4) is 0 Å². The van der Waals surface area contributed by atoms with Gasteiger partial charge in [0.05, 0.1) is 0 Å². The van der Waals surface area contributed by atoms with Crippen LogP contribution in [0.5, 0.6) is 0 Å². The van der Waals surface area contributed by atoms with Crippen LogP contribution in [0.1, 0.15) is 45.1 Å². The molecule has 1 amide bonds. The van der Waals surface area contributed by atoms with E-state index in [1.807, 2.05) is 26.0 Å². The van der Waals surface area contributed by atoms with E-state index in [1.165, 1.54) is 12.8 Å². The maximum absolute atomic E-state index is 12.2. The molecule has 1 fully saturated rings. The predicted octanol–water partition coefficient (Wildman–Crippen LogP) is 4.21. The number of nitrogens with one attached hydrogen (secondary N) is 2. The third kappa shape index (κ3) is 6.33. The quantitative estimate of drug-likeness (QED) is 0.801. The van der Waals surface area contributed by atoms with Crippen LogP contribution in [0.25, 0.3) is 0 Å². The average Bonchev–Trinajstić information content (AvgIpc) is 2.49. The summed E-state index contributed by atoms with van der Waals surface area (Å²) < 4.78 is 0. The zero-order valence-corrected chi connectivity index (χ0v) is 15.4. The third-order valence-electron chi connectivity index (χ3n) is 4.36. The first kappa shape index (κ1) is 18.6. The van der Waals surface area contributed by atoms with Crippen LogP contribution in [0.4, 0.5) is 0 Å². The van der Waals surface area contributed by atoms with Gasteiger partial charge in [-0.2, -0.15) is 0 Å². The van der Waals surface area contributed by atoms with Gasteiger partial charge in [0.2, 0.25) is 5.91 Å². The van der Waals surface area contributed by atoms with Crippen molar-refractivity contribution in [2.45, 2.75) is 51.5 Å². The molecule has 23 heavy (non-hydrogen) atoms. The number of rotatable bonds is 6. The Kier molecular flexibility index (Phi) is 6.75. The SMILES string of the molecule is CC(C)(Cc1ccc(Cl)cc1Cl)NC(=O)CCC1CCNCC1. The van der Waals surface area contributed by atoms with Gasteiger partial charge in [-0.25, -0.2) is 0 Å². The lowest BCUT2D eigenvalue weighted by Gasteiger charge is -2.28. The molecule has 0 radical (unpaired) electrons. The van der Waals surface area contributed by atoms with Gasteiger partial charge in [-0.05, 0) is 76.2 Å². The van der Waals surface area contributed by atoms with E-state index in [0.717, 1.165) is 25.1 Å². The second kappa shape index (κ2) is 8.36. The lowest BCUT2D eigenvalue weighted by atomic mass is 9.92. The van der Waals surface area contributed by atoms with Crippen LogP contribution in [-0.4, -0.2) is 24.5 Å². The summed E-state index contributed by atoms with van der Waals surface area (Å²) in [5.74, 6) is 0.800. The maximum Gasteiger partial charge on any atom is 0.220 e. The van der Waals surface area contributed by atoms with Gasteiger partial charge in [0.25, 0.3) is 0 Å². The summed E-state index contributed by atoms with van der Waals surface area (Å²) in [6.07, 6.45) is 4.62. The molecular weight excluding hydrogens is 331 g/mol. The highest BCUT2D eigenvalue weighted by molar-refractivity contribution is 6.35. The molecule has 0 aliphatic carbocycles. The summed E-state index contributed by atoms with van der Waals surface area (Å²) in [5, 5.41) is 7.77. The first-order valence-corrected chi connectivity index (χ1v) is 9.07.